The molecule has 2 rings (SSSR count). The Labute approximate surface area is 133 Å². The van der Waals surface area contributed by atoms with Gasteiger partial charge < -0.3 is 0 Å². The van der Waals surface area contributed by atoms with Gasteiger partial charge in [0.15, 0.2) is 0 Å². The van der Waals surface area contributed by atoms with Gasteiger partial charge in [0, 0.05) is 19.0 Å². The van der Waals surface area contributed by atoms with Gasteiger partial charge in [0.1, 0.15) is 0 Å². The molecule has 0 saturated carbocycles. The predicted octanol–water partition coefficient (Wildman–Crippen LogP) is 3.93. The minimum absolute atomic E-state index is 0.220. The van der Waals surface area contributed by atoms with E-state index in [1.807, 2.05) is 13.0 Å². The van der Waals surface area contributed by atoms with E-state index in [2.05, 4.69) is 13.8 Å². The normalized spacial score (nSPS) is 20.2. The maximum absolute atomic E-state index is 12.9. The second kappa shape index (κ2) is 6.27. The molecule has 1 saturated heterocycles. The van der Waals surface area contributed by atoms with Crippen molar-refractivity contribution in [1.82, 2.24) is 4.31 Å². The zero-order valence-corrected chi connectivity index (χ0v) is 14.6. The minimum atomic E-state index is -3.42. The second-order valence-electron chi connectivity index (χ2n) is 6.60. The van der Waals surface area contributed by atoms with Crippen LogP contribution in [0.1, 0.15) is 44.2 Å². The second-order valence-corrected chi connectivity index (χ2v) is 8.77. The van der Waals surface area contributed by atoms with Gasteiger partial charge in [-0.25, -0.2) is 8.42 Å². The first-order chi connectivity index (χ1) is 9.78. The lowest BCUT2D eigenvalue weighted by atomic mass is 9.85. The number of sulfonamides is 1. The fourth-order valence-electron chi connectivity index (χ4n) is 2.86. The van der Waals surface area contributed by atoms with Crippen LogP contribution in [0, 0.1) is 12.3 Å². The molecule has 0 amide bonds. The first kappa shape index (κ1) is 16.8. The van der Waals surface area contributed by atoms with E-state index in [0.717, 1.165) is 30.4 Å². The minimum Gasteiger partial charge on any atom is -0.207 e. The topological polar surface area (TPSA) is 37.4 Å². The van der Waals surface area contributed by atoms with Crippen LogP contribution in [-0.2, 0) is 15.9 Å². The van der Waals surface area contributed by atoms with Crippen molar-refractivity contribution in [2.45, 2.75) is 50.8 Å². The van der Waals surface area contributed by atoms with Gasteiger partial charge in [0.2, 0.25) is 10.0 Å². The fourth-order valence-corrected chi connectivity index (χ4v) is 4.90. The first-order valence-corrected chi connectivity index (χ1v) is 9.40. The van der Waals surface area contributed by atoms with E-state index in [-0.39, 0.29) is 5.41 Å². The Bertz CT molecular complexity index is 611. The van der Waals surface area contributed by atoms with Crippen LogP contribution in [0.4, 0.5) is 0 Å². The van der Waals surface area contributed by atoms with Gasteiger partial charge >= 0.3 is 0 Å². The highest BCUT2D eigenvalue weighted by molar-refractivity contribution is 7.89. The Hall–Kier alpha value is -0.580. The summed E-state index contributed by atoms with van der Waals surface area (Å²) in [4.78, 5) is 0.403. The summed E-state index contributed by atoms with van der Waals surface area (Å²) >= 11 is 5.90. The molecule has 0 atom stereocenters. The zero-order chi connectivity index (χ0) is 15.7. The van der Waals surface area contributed by atoms with E-state index in [4.69, 9.17) is 11.6 Å². The maximum Gasteiger partial charge on any atom is 0.243 e. The molecule has 1 aliphatic rings. The summed E-state index contributed by atoms with van der Waals surface area (Å²) in [6.45, 7) is 7.47. The number of hydrogen-bond acceptors (Lipinski definition) is 2. The van der Waals surface area contributed by atoms with E-state index in [1.165, 1.54) is 0 Å². The largest absolute Gasteiger partial charge is 0.243 e. The lowest BCUT2D eigenvalue weighted by Crippen LogP contribution is -2.33. The van der Waals surface area contributed by atoms with Crippen LogP contribution in [0.5, 0.6) is 0 Å². The molecule has 0 spiro atoms. The van der Waals surface area contributed by atoms with Gasteiger partial charge in [0.05, 0.1) is 4.90 Å². The molecule has 5 heteroatoms. The van der Waals surface area contributed by atoms with E-state index < -0.39 is 10.0 Å². The van der Waals surface area contributed by atoms with E-state index in [1.54, 1.807) is 16.4 Å². The van der Waals surface area contributed by atoms with E-state index in [0.29, 0.717) is 23.9 Å². The molecule has 0 aromatic heterocycles. The fraction of sp³-hybridized carbons (Fsp3) is 0.625. The smallest absolute Gasteiger partial charge is 0.207 e. The lowest BCUT2D eigenvalue weighted by molar-refractivity contribution is 0.315. The van der Waals surface area contributed by atoms with Gasteiger partial charge in [-0.1, -0.05) is 26.0 Å². The summed E-state index contributed by atoms with van der Waals surface area (Å²) in [5, 5.41) is 0. The van der Waals surface area contributed by atoms with Crippen molar-refractivity contribution in [1.29, 1.82) is 0 Å². The number of halogens is 1. The number of nitrogens with zero attached hydrogens (tertiary/aromatic N) is 1. The number of hydrogen-bond donors (Lipinski definition) is 0. The van der Waals surface area contributed by atoms with Crippen LogP contribution >= 0.6 is 11.6 Å². The Morgan fingerprint density at radius 3 is 2.62 bits per heavy atom. The van der Waals surface area contributed by atoms with E-state index in [9.17, 15) is 8.42 Å². The Morgan fingerprint density at radius 1 is 1.24 bits per heavy atom. The molecule has 0 N–H and O–H groups in total. The lowest BCUT2D eigenvalue weighted by Gasteiger charge is -2.24. The molecule has 1 aromatic carbocycles. The number of benzene rings is 1. The third-order valence-electron chi connectivity index (χ3n) is 4.46. The highest BCUT2D eigenvalue weighted by Crippen LogP contribution is 2.32. The third-order valence-corrected chi connectivity index (χ3v) is 6.79. The standard InChI is InChI=1S/C16H24ClNO2S/c1-13-14(12-17)6-4-7-15(13)21(19,20)18-10-5-8-16(2,3)9-11-18/h4,6-7H,5,8-12H2,1-3H3. The van der Waals surface area contributed by atoms with Gasteiger partial charge in [-0.3, -0.25) is 0 Å². The number of alkyl halides is 1. The van der Waals surface area contributed by atoms with Gasteiger partial charge in [0.25, 0.3) is 0 Å². The van der Waals surface area contributed by atoms with Crippen LogP contribution in [-0.4, -0.2) is 25.8 Å². The number of rotatable bonds is 3. The Kier molecular flexibility index (Phi) is 5.01. The van der Waals surface area contributed by atoms with Crippen molar-refractivity contribution in [3.05, 3.63) is 29.3 Å². The summed E-state index contributed by atoms with van der Waals surface area (Å²) < 4.78 is 27.5. The molecule has 0 bridgehead atoms. The molecular weight excluding hydrogens is 306 g/mol. The highest BCUT2D eigenvalue weighted by atomic mass is 35.5. The van der Waals surface area contributed by atoms with Crippen molar-refractivity contribution in [3.63, 3.8) is 0 Å². The summed E-state index contributed by atoms with van der Waals surface area (Å²) in [5.41, 5.74) is 1.88. The SMILES string of the molecule is Cc1c(CCl)cccc1S(=O)(=O)N1CCCC(C)(C)CC1. The van der Waals surface area contributed by atoms with Gasteiger partial charge in [-0.05, 0) is 48.8 Å². The monoisotopic (exact) mass is 329 g/mol. The van der Waals surface area contributed by atoms with Crippen molar-refractivity contribution in [3.8, 4) is 0 Å². The quantitative estimate of drug-likeness (QED) is 0.788. The molecule has 1 aromatic rings. The van der Waals surface area contributed by atoms with Crippen molar-refractivity contribution >= 4 is 21.6 Å². The molecule has 1 fully saturated rings. The zero-order valence-electron chi connectivity index (χ0n) is 13.0. The third kappa shape index (κ3) is 3.61. The summed E-state index contributed by atoms with van der Waals surface area (Å²) in [7, 11) is -3.42. The summed E-state index contributed by atoms with van der Waals surface area (Å²) in [6.07, 6.45) is 2.89. The summed E-state index contributed by atoms with van der Waals surface area (Å²) in [6, 6.07) is 5.35. The molecule has 1 aliphatic heterocycles. The molecule has 0 aliphatic carbocycles. The molecule has 118 valence electrons. The van der Waals surface area contributed by atoms with Crippen LogP contribution in [0.2, 0.25) is 0 Å². The van der Waals surface area contributed by atoms with Crippen LogP contribution in [0.15, 0.2) is 23.1 Å². The Morgan fingerprint density at radius 2 is 1.95 bits per heavy atom. The van der Waals surface area contributed by atoms with E-state index >= 15 is 0 Å². The average molecular weight is 330 g/mol. The Balaban J connectivity index is 2.34. The van der Waals surface area contributed by atoms with Crippen LogP contribution in [0.3, 0.4) is 0 Å². The van der Waals surface area contributed by atoms with Crippen molar-refractivity contribution in [2.24, 2.45) is 5.41 Å². The predicted molar refractivity (Wildman–Crippen MR) is 87.1 cm³/mol. The molecule has 3 nitrogen and oxygen atoms in total. The highest BCUT2D eigenvalue weighted by Gasteiger charge is 2.31. The van der Waals surface area contributed by atoms with Crippen molar-refractivity contribution < 1.29 is 8.42 Å². The molecule has 0 radical (unpaired) electrons. The van der Waals surface area contributed by atoms with Crippen LogP contribution < -0.4 is 0 Å². The van der Waals surface area contributed by atoms with Gasteiger partial charge in [-0.15, -0.1) is 11.6 Å². The first-order valence-electron chi connectivity index (χ1n) is 7.42. The molecular formula is C16H24ClNO2S. The molecule has 0 unspecified atom stereocenters. The summed E-state index contributed by atoms with van der Waals surface area (Å²) in [5.74, 6) is 0.336. The average Bonchev–Trinajstić information content (AvgIpc) is 2.60. The maximum atomic E-state index is 12.9. The molecule has 1 heterocycles. The van der Waals surface area contributed by atoms with Crippen molar-refractivity contribution in [2.75, 3.05) is 13.1 Å². The molecule has 21 heavy (non-hydrogen) atoms. The van der Waals surface area contributed by atoms with Gasteiger partial charge in [-0.2, -0.15) is 4.31 Å². The van der Waals surface area contributed by atoms with Crippen LogP contribution in [0.25, 0.3) is 0 Å².